The van der Waals surface area contributed by atoms with Crippen LogP contribution in [0.1, 0.15) is 373 Å². The van der Waals surface area contributed by atoms with Gasteiger partial charge < -0.3 is 20.3 Å². The van der Waals surface area contributed by atoms with Gasteiger partial charge in [-0.05, 0) is 57.8 Å². The smallest absolute Gasteiger partial charge is 0.305 e. The average molecular weight is 1040 g/mol. The topological polar surface area (TPSA) is 95.9 Å². The largest absolute Gasteiger partial charge is 0.466 e. The first-order chi connectivity index (χ1) is 36.5. The van der Waals surface area contributed by atoms with Crippen LogP contribution in [0.4, 0.5) is 0 Å². The molecule has 0 aliphatic heterocycles. The van der Waals surface area contributed by atoms with Gasteiger partial charge in [-0.25, -0.2) is 0 Å². The van der Waals surface area contributed by atoms with Crippen LogP contribution in [0.15, 0.2) is 24.3 Å². The van der Waals surface area contributed by atoms with Gasteiger partial charge in [0.25, 0.3) is 0 Å². The lowest BCUT2D eigenvalue weighted by atomic mass is 10.0. The summed E-state index contributed by atoms with van der Waals surface area (Å²) in [4.78, 5) is 24.5. The maximum atomic E-state index is 12.5. The number of allylic oxidation sites excluding steroid dienone is 3. The van der Waals surface area contributed by atoms with Crippen molar-refractivity contribution in [2.45, 2.75) is 386 Å². The highest BCUT2D eigenvalue weighted by atomic mass is 16.5. The molecule has 0 aliphatic carbocycles. The monoisotopic (exact) mass is 1040 g/mol. The minimum atomic E-state index is -0.841. The van der Waals surface area contributed by atoms with E-state index in [1.807, 2.05) is 6.08 Å². The number of amides is 1. The van der Waals surface area contributed by atoms with Gasteiger partial charge in [0.15, 0.2) is 0 Å². The van der Waals surface area contributed by atoms with E-state index in [0.29, 0.717) is 19.4 Å². The van der Waals surface area contributed by atoms with E-state index in [-0.39, 0.29) is 18.5 Å². The third-order valence-corrected chi connectivity index (χ3v) is 15.7. The zero-order valence-electron chi connectivity index (χ0n) is 50.1. The van der Waals surface area contributed by atoms with E-state index in [0.717, 1.165) is 44.9 Å². The molecular formula is C68H131NO5. The standard InChI is InChI=1S/C68H131NO5/c1-3-5-7-9-11-13-15-17-33-37-40-44-48-52-56-60-66(71)65(64-70)69-67(72)61-57-53-49-45-41-38-34-31-29-27-25-23-21-19-18-20-22-24-26-28-30-32-35-39-43-47-51-55-59-63-74-68(73)62-58-54-50-46-42-36-16-14-12-10-8-6-4-2/h14,16,56,60,65-66,70-71H,3-13,15,17-55,57-59,61-64H2,1-2H3,(H,69,72)/b16-14-,60-56+. The van der Waals surface area contributed by atoms with Crippen LogP contribution in [0, 0.1) is 0 Å². The normalized spacial score (nSPS) is 12.6. The van der Waals surface area contributed by atoms with Gasteiger partial charge in [-0.15, -0.1) is 0 Å². The number of unbranched alkanes of at least 4 members (excludes halogenated alkanes) is 50. The number of hydrogen-bond donors (Lipinski definition) is 3. The lowest BCUT2D eigenvalue weighted by Crippen LogP contribution is -2.45. The molecule has 0 saturated carbocycles. The van der Waals surface area contributed by atoms with Crippen LogP contribution in [-0.4, -0.2) is 47.4 Å². The van der Waals surface area contributed by atoms with Crippen molar-refractivity contribution >= 4 is 11.9 Å². The van der Waals surface area contributed by atoms with E-state index >= 15 is 0 Å². The minimum Gasteiger partial charge on any atom is -0.466 e. The summed E-state index contributed by atoms with van der Waals surface area (Å²) in [5.41, 5.74) is 0. The molecule has 74 heavy (non-hydrogen) atoms. The first-order valence-electron chi connectivity index (χ1n) is 33.6. The van der Waals surface area contributed by atoms with Crippen molar-refractivity contribution in [2.75, 3.05) is 13.2 Å². The number of aliphatic hydroxyl groups excluding tert-OH is 2. The molecule has 2 atom stereocenters. The Morgan fingerprint density at radius 2 is 0.635 bits per heavy atom. The summed E-state index contributed by atoms with van der Waals surface area (Å²) in [6, 6.07) is -0.624. The van der Waals surface area contributed by atoms with Crippen LogP contribution in [0.5, 0.6) is 0 Å². The van der Waals surface area contributed by atoms with E-state index in [1.54, 1.807) is 6.08 Å². The third kappa shape index (κ3) is 59.6. The van der Waals surface area contributed by atoms with E-state index in [4.69, 9.17) is 4.74 Å². The number of carbonyl (C=O) groups is 2. The Kier molecular flexibility index (Phi) is 62.4. The summed E-state index contributed by atoms with van der Waals surface area (Å²) in [5, 5.41) is 23.2. The highest BCUT2D eigenvalue weighted by molar-refractivity contribution is 5.76. The van der Waals surface area contributed by atoms with Crippen molar-refractivity contribution in [3.63, 3.8) is 0 Å². The number of ether oxygens (including phenoxy) is 1. The van der Waals surface area contributed by atoms with Gasteiger partial charge in [-0.3, -0.25) is 9.59 Å². The molecule has 0 fully saturated rings. The molecule has 0 aromatic carbocycles. The molecule has 1 amide bonds. The summed E-state index contributed by atoms with van der Waals surface area (Å²) in [6.07, 6.45) is 79.6. The Morgan fingerprint density at radius 3 is 0.973 bits per heavy atom. The molecule has 0 aliphatic rings. The van der Waals surface area contributed by atoms with Gasteiger partial charge in [0, 0.05) is 12.8 Å². The lowest BCUT2D eigenvalue weighted by Gasteiger charge is -2.20. The molecule has 3 N–H and O–H groups in total. The molecule has 2 unspecified atom stereocenters. The first-order valence-corrected chi connectivity index (χ1v) is 33.6. The van der Waals surface area contributed by atoms with Gasteiger partial charge in [0.2, 0.25) is 5.91 Å². The number of rotatable bonds is 63. The summed E-state index contributed by atoms with van der Waals surface area (Å²) >= 11 is 0. The molecule has 0 rings (SSSR count). The zero-order valence-corrected chi connectivity index (χ0v) is 50.1. The second-order valence-electron chi connectivity index (χ2n) is 23.2. The van der Waals surface area contributed by atoms with Gasteiger partial charge in [0.05, 0.1) is 25.4 Å². The molecule has 0 aromatic heterocycles. The van der Waals surface area contributed by atoms with Crippen LogP contribution in [-0.2, 0) is 14.3 Å². The molecule has 6 heteroatoms. The van der Waals surface area contributed by atoms with Gasteiger partial charge >= 0.3 is 5.97 Å². The van der Waals surface area contributed by atoms with Crippen LogP contribution in [0.3, 0.4) is 0 Å². The number of nitrogens with one attached hydrogen (secondary N) is 1. The maximum absolute atomic E-state index is 12.5. The van der Waals surface area contributed by atoms with Gasteiger partial charge in [-0.1, -0.05) is 327 Å². The van der Waals surface area contributed by atoms with Crippen LogP contribution < -0.4 is 5.32 Å². The fourth-order valence-corrected chi connectivity index (χ4v) is 10.6. The average Bonchev–Trinajstić information content (AvgIpc) is 3.40. The van der Waals surface area contributed by atoms with Crippen molar-refractivity contribution in [2.24, 2.45) is 0 Å². The van der Waals surface area contributed by atoms with E-state index in [9.17, 15) is 19.8 Å². The van der Waals surface area contributed by atoms with E-state index in [2.05, 4.69) is 31.3 Å². The van der Waals surface area contributed by atoms with Crippen LogP contribution in [0.2, 0.25) is 0 Å². The summed E-state index contributed by atoms with van der Waals surface area (Å²) in [6.45, 7) is 4.91. The van der Waals surface area contributed by atoms with Crippen molar-refractivity contribution in [3.8, 4) is 0 Å². The summed E-state index contributed by atoms with van der Waals surface area (Å²) in [5.74, 6) is -0.0520. The first kappa shape index (κ1) is 72.3. The SMILES string of the molecule is CCCCCC/C=C\CCCCCCCC(=O)OCCCCCCCCCCCCCCCCCCCCCCCCCCCCCCCC(=O)NC(CO)C(O)/C=C/CCCCCCCCCCCCCCC. The van der Waals surface area contributed by atoms with E-state index in [1.165, 1.54) is 302 Å². The molecule has 0 saturated heterocycles. The number of esters is 1. The van der Waals surface area contributed by atoms with Crippen LogP contribution >= 0.6 is 0 Å². The van der Waals surface area contributed by atoms with Crippen molar-refractivity contribution in [1.82, 2.24) is 5.32 Å². The molecule has 0 aromatic rings. The van der Waals surface area contributed by atoms with Gasteiger partial charge in [-0.2, -0.15) is 0 Å². The lowest BCUT2D eigenvalue weighted by molar-refractivity contribution is -0.143. The molecule has 0 heterocycles. The predicted molar refractivity (Wildman–Crippen MR) is 324 cm³/mol. The summed E-state index contributed by atoms with van der Waals surface area (Å²) in [7, 11) is 0. The minimum absolute atomic E-state index is 0.0102. The van der Waals surface area contributed by atoms with E-state index < -0.39 is 12.1 Å². The zero-order chi connectivity index (χ0) is 53.6. The van der Waals surface area contributed by atoms with Crippen molar-refractivity contribution < 1.29 is 24.5 Å². The maximum Gasteiger partial charge on any atom is 0.305 e. The van der Waals surface area contributed by atoms with Crippen molar-refractivity contribution in [1.29, 1.82) is 0 Å². The quantitative estimate of drug-likeness (QED) is 0.0320. The molecular weight excluding hydrogens is 911 g/mol. The Bertz CT molecular complexity index is 1150. The highest BCUT2D eigenvalue weighted by Gasteiger charge is 2.18. The van der Waals surface area contributed by atoms with Crippen LogP contribution in [0.25, 0.3) is 0 Å². The molecule has 6 nitrogen and oxygen atoms in total. The Labute approximate surface area is 462 Å². The molecule has 0 radical (unpaired) electrons. The second kappa shape index (κ2) is 63.9. The van der Waals surface area contributed by atoms with Crippen molar-refractivity contribution in [3.05, 3.63) is 24.3 Å². The predicted octanol–water partition coefficient (Wildman–Crippen LogP) is 21.4. The molecule has 0 spiro atoms. The number of carbonyl (C=O) groups excluding carboxylic acids is 2. The number of hydrogen-bond acceptors (Lipinski definition) is 5. The Morgan fingerprint density at radius 1 is 0.365 bits per heavy atom. The Hall–Kier alpha value is -1.66. The fraction of sp³-hybridized carbons (Fsp3) is 0.912. The van der Waals surface area contributed by atoms with Gasteiger partial charge in [0.1, 0.15) is 0 Å². The highest BCUT2D eigenvalue weighted by Crippen LogP contribution is 2.18. The number of aliphatic hydroxyl groups is 2. The second-order valence-corrected chi connectivity index (χ2v) is 23.2. The molecule has 438 valence electrons. The molecule has 0 bridgehead atoms. The fourth-order valence-electron chi connectivity index (χ4n) is 10.6. The third-order valence-electron chi connectivity index (χ3n) is 15.7. The summed E-state index contributed by atoms with van der Waals surface area (Å²) < 4.78 is 5.48. The Balaban J connectivity index is 3.35.